The Morgan fingerprint density at radius 2 is 2.36 bits per heavy atom. The molecular weight excluding hydrogens is 188 g/mol. The van der Waals surface area contributed by atoms with Crippen molar-refractivity contribution in [2.75, 3.05) is 7.11 Å². The molecular formula is C8H8N2O4. The topological polar surface area (TPSA) is 92.0 Å². The Morgan fingerprint density at radius 3 is 2.86 bits per heavy atom. The van der Waals surface area contributed by atoms with Crippen LogP contribution in [-0.4, -0.2) is 34.1 Å². The summed E-state index contributed by atoms with van der Waals surface area (Å²) in [7, 11) is 1.13. The number of aromatic hydroxyl groups is 1. The molecule has 0 radical (unpaired) electrons. The number of hydrogen-bond acceptors (Lipinski definition) is 6. The van der Waals surface area contributed by atoms with Gasteiger partial charge in [-0.25, -0.2) is 4.79 Å². The third kappa shape index (κ3) is 1.79. The van der Waals surface area contributed by atoms with Crippen molar-refractivity contribution in [3.63, 3.8) is 0 Å². The first-order valence-electron chi connectivity index (χ1n) is 3.65. The van der Waals surface area contributed by atoms with E-state index < -0.39 is 11.7 Å². The number of esters is 1. The van der Waals surface area contributed by atoms with Gasteiger partial charge in [-0.1, -0.05) is 5.16 Å². The number of hydrogen-bond donors (Lipinski definition) is 2. The van der Waals surface area contributed by atoms with Crippen LogP contribution in [0.2, 0.25) is 0 Å². The molecule has 74 valence electrons. The highest BCUT2D eigenvalue weighted by molar-refractivity contribution is 6.43. The summed E-state index contributed by atoms with van der Waals surface area (Å²) in [5.41, 5.74) is -0.563. The monoisotopic (exact) mass is 196 g/mol. The van der Waals surface area contributed by atoms with E-state index in [-0.39, 0.29) is 11.4 Å². The molecule has 0 saturated carbocycles. The number of carbonyl (C=O) groups excluding carboxylic acids is 1. The van der Waals surface area contributed by atoms with Crippen molar-refractivity contribution in [1.82, 2.24) is 4.98 Å². The molecule has 1 aromatic rings. The number of rotatable bonds is 2. The lowest BCUT2D eigenvalue weighted by Crippen LogP contribution is -2.18. The van der Waals surface area contributed by atoms with E-state index in [0.717, 1.165) is 7.11 Å². The van der Waals surface area contributed by atoms with E-state index in [4.69, 9.17) is 5.21 Å². The first-order chi connectivity index (χ1) is 6.70. The molecule has 2 N–H and O–H groups in total. The molecule has 14 heavy (non-hydrogen) atoms. The fourth-order valence-corrected chi connectivity index (χ4v) is 0.861. The van der Waals surface area contributed by atoms with Crippen molar-refractivity contribution in [3.05, 3.63) is 24.0 Å². The number of pyridine rings is 1. The van der Waals surface area contributed by atoms with Gasteiger partial charge in [-0.3, -0.25) is 4.98 Å². The Labute approximate surface area is 79.5 Å². The lowest BCUT2D eigenvalue weighted by molar-refractivity contribution is -0.132. The summed E-state index contributed by atoms with van der Waals surface area (Å²) >= 11 is 0. The van der Waals surface area contributed by atoms with E-state index in [1.54, 1.807) is 0 Å². The van der Waals surface area contributed by atoms with E-state index in [2.05, 4.69) is 14.9 Å². The smallest absolute Gasteiger partial charge is 0.362 e. The Balaban J connectivity index is 3.15. The highest BCUT2D eigenvalue weighted by Gasteiger charge is 2.19. The second kappa shape index (κ2) is 4.22. The minimum Gasteiger partial charge on any atom is -0.506 e. The quantitative estimate of drug-likeness (QED) is 0.304. The highest BCUT2D eigenvalue weighted by Crippen LogP contribution is 2.14. The van der Waals surface area contributed by atoms with E-state index in [1.807, 2.05) is 0 Å². The van der Waals surface area contributed by atoms with Gasteiger partial charge in [-0.05, 0) is 12.1 Å². The summed E-state index contributed by atoms with van der Waals surface area (Å²) in [5, 5.41) is 20.5. The van der Waals surface area contributed by atoms with E-state index in [9.17, 15) is 9.90 Å². The lowest BCUT2D eigenvalue weighted by Gasteiger charge is -2.02. The van der Waals surface area contributed by atoms with Gasteiger partial charge in [0.1, 0.15) is 11.4 Å². The van der Waals surface area contributed by atoms with Crippen molar-refractivity contribution < 1.29 is 19.8 Å². The molecule has 0 aliphatic carbocycles. The van der Waals surface area contributed by atoms with Crippen molar-refractivity contribution in [1.29, 1.82) is 0 Å². The predicted octanol–water partition coefficient (Wildman–Crippen LogP) is 0.138. The maximum atomic E-state index is 11.0. The standard InChI is InChI=1S/C8H8N2O4/c1-14-8(12)7(10-13)6-5(11)3-2-4-9-6/h2-4,11,13H,1H3/b10-7-. The van der Waals surface area contributed by atoms with Crippen LogP contribution in [0.15, 0.2) is 23.5 Å². The third-order valence-corrected chi connectivity index (χ3v) is 1.49. The van der Waals surface area contributed by atoms with Crippen LogP contribution in [0.25, 0.3) is 0 Å². The number of aromatic nitrogens is 1. The van der Waals surface area contributed by atoms with Crippen LogP contribution < -0.4 is 0 Å². The zero-order chi connectivity index (χ0) is 10.6. The first kappa shape index (κ1) is 9.97. The van der Waals surface area contributed by atoms with Crippen molar-refractivity contribution in [3.8, 4) is 5.75 Å². The molecule has 0 unspecified atom stereocenters. The summed E-state index contributed by atoms with van der Waals surface area (Å²) < 4.78 is 4.33. The number of carbonyl (C=O) groups is 1. The molecule has 0 bridgehead atoms. The van der Waals surface area contributed by atoms with Gasteiger partial charge in [0.05, 0.1) is 7.11 Å². The van der Waals surface area contributed by atoms with Crippen molar-refractivity contribution >= 4 is 11.7 Å². The molecule has 0 amide bonds. The zero-order valence-electron chi connectivity index (χ0n) is 7.34. The van der Waals surface area contributed by atoms with Gasteiger partial charge in [0, 0.05) is 6.20 Å². The van der Waals surface area contributed by atoms with Gasteiger partial charge in [-0.2, -0.15) is 0 Å². The number of methoxy groups -OCH3 is 1. The van der Waals surface area contributed by atoms with Crippen LogP contribution in [0.5, 0.6) is 5.75 Å². The lowest BCUT2D eigenvalue weighted by atomic mass is 10.2. The van der Waals surface area contributed by atoms with E-state index in [1.165, 1.54) is 18.3 Å². The predicted molar refractivity (Wildman–Crippen MR) is 46.2 cm³/mol. The number of oxime groups is 1. The Kier molecular flexibility index (Phi) is 3.01. The van der Waals surface area contributed by atoms with Crippen molar-refractivity contribution in [2.24, 2.45) is 5.16 Å². The van der Waals surface area contributed by atoms with Crippen molar-refractivity contribution in [2.45, 2.75) is 0 Å². The maximum absolute atomic E-state index is 11.0. The minimum atomic E-state index is -0.874. The van der Waals surface area contributed by atoms with Gasteiger partial charge in [-0.15, -0.1) is 0 Å². The molecule has 1 rings (SSSR count). The molecule has 6 heteroatoms. The summed E-state index contributed by atoms with van der Waals surface area (Å²) in [6.45, 7) is 0. The van der Waals surface area contributed by atoms with Gasteiger partial charge in [0.25, 0.3) is 0 Å². The second-order valence-corrected chi connectivity index (χ2v) is 2.31. The van der Waals surface area contributed by atoms with Crippen LogP contribution in [0, 0.1) is 0 Å². The Morgan fingerprint density at radius 1 is 1.64 bits per heavy atom. The molecule has 0 spiro atoms. The van der Waals surface area contributed by atoms with Gasteiger partial charge < -0.3 is 15.1 Å². The molecule has 0 atom stereocenters. The van der Waals surface area contributed by atoms with E-state index >= 15 is 0 Å². The summed E-state index contributed by atoms with van der Waals surface area (Å²) in [4.78, 5) is 14.7. The fraction of sp³-hybridized carbons (Fsp3) is 0.125. The van der Waals surface area contributed by atoms with Gasteiger partial charge in [0.2, 0.25) is 5.71 Å². The van der Waals surface area contributed by atoms with Crippen LogP contribution in [0.3, 0.4) is 0 Å². The molecule has 6 nitrogen and oxygen atoms in total. The number of ether oxygens (including phenoxy) is 1. The number of nitrogens with zero attached hydrogens (tertiary/aromatic N) is 2. The van der Waals surface area contributed by atoms with Gasteiger partial charge >= 0.3 is 5.97 Å². The average Bonchev–Trinajstić information content (AvgIpc) is 2.21. The second-order valence-electron chi connectivity index (χ2n) is 2.31. The summed E-state index contributed by atoms with van der Waals surface area (Å²) in [6.07, 6.45) is 1.35. The molecule has 0 aliphatic heterocycles. The summed E-state index contributed by atoms with van der Waals surface area (Å²) in [5.74, 6) is -1.13. The largest absolute Gasteiger partial charge is 0.506 e. The normalized spacial score (nSPS) is 11.1. The van der Waals surface area contributed by atoms with Crippen LogP contribution in [-0.2, 0) is 9.53 Å². The zero-order valence-corrected chi connectivity index (χ0v) is 7.34. The molecule has 0 aromatic carbocycles. The molecule has 0 fully saturated rings. The highest BCUT2D eigenvalue weighted by atomic mass is 16.5. The van der Waals surface area contributed by atoms with Crippen LogP contribution in [0.1, 0.15) is 5.69 Å². The Bertz CT molecular complexity index is 375. The molecule has 0 aliphatic rings. The molecule has 1 heterocycles. The first-order valence-corrected chi connectivity index (χ1v) is 3.65. The Hall–Kier alpha value is -2.11. The minimum absolute atomic E-state index is 0.123. The average molecular weight is 196 g/mol. The van der Waals surface area contributed by atoms with E-state index in [0.29, 0.717) is 0 Å². The molecule has 1 aromatic heterocycles. The molecule has 0 saturated heterocycles. The summed E-state index contributed by atoms with van der Waals surface area (Å²) in [6, 6.07) is 2.79. The fourth-order valence-electron chi connectivity index (χ4n) is 0.861. The van der Waals surface area contributed by atoms with Crippen LogP contribution in [0.4, 0.5) is 0 Å². The van der Waals surface area contributed by atoms with Crippen LogP contribution >= 0.6 is 0 Å². The SMILES string of the molecule is COC(=O)/C(=N\O)c1ncccc1O. The third-order valence-electron chi connectivity index (χ3n) is 1.49. The van der Waals surface area contributed by atoms with Gasteiger partial charge in [0.15, 0.2) is 0 Å². The maximum Gasteiger partial charge on any atom is 0.362 e.